The van der Waals surface area contributed by atoms with Gasteiger partial charge in [0.1, 0.15) is 0 Å². The van der Waals surface area contributed by atoms with Crippen molar-refractivity contribution < 1.29 is 4.92 Å². The minimum Gasteiger partial charge on any atom is -0.381 e. The molecule has 2 rings (SSSR count). The van der Waals surface area contributed by atoms with Crippen molar-refractivity contribution in [3.8, 4) is 0 Å². The highest BCUT2D eigenvalue weighted by atomic mass is 35.5. The van der Waals surface area contributed by atoms with Crippen LogP contribution in [0.5, 0.6) is 0 Å². The summed E-state index contributed by atoms with van der Waals surface area (Å²) in [6, 6.07) is 5.34. The topological polar surface area (TPSA) is 67.2 Å². The van der Waals surface area contributed by atoms with Crippen LogP contribution >= 0.6 is 11.6 Å². The first-order valence-electron chi connectivity index (χ1n) is 7.00. The largest absolute Gasteiger partial charge is 0.381 e. The molecule has 0 spiro atoms. The third-order valence-corrected chi connectivity index (χ3v) is 3.93. The molecule has 1 aliphatic heterocycles. The average Bonchev–Trinajstić information content (AvgIpc) is 2.42. The second-order valence-electron chi connectivity index (χ2n) is 5.35. The molecule has 1 fully saturated rings. The maximum atomic E-state index is 10.7. The first-order chi connectivity index (χ1) is 9.56. The average molecular weight is 298 g/mol. The molecule has 0 radical (unpaired) electrons. The third-order valence-electron chi connectivity index (χ3n) is 3.62. The van der Waals surface area contributed by atoms with Crippen LogP contribution in [0.4, 0.5) is 11.4 Å². The van der Waals surface area contributed by atoms with E-state index in [0.29, 0.717) is 11.1 Å². The summed E-state index contributed by atoms with van der Waals surface area (Å²) in [6.45, 7) is 3.20. The van der Waals surface area contributed by atoms with Crippen LogP contribution in [0.15, 0.2) is 18.2 Å². The Kier molecular flexibility index (Phi) is 5.20. The zero-order valence-corrected chi connectivity index (χ0v) is 12.3. The first kappa shape index (κ1) is 15.1. The van der Waals surface area contributed by atoms with Crippen LogP contribution in [-0.2, 0) is 0 Å². The number of nitro groups is 1. The van der Waals surface area contributed by atoms with Gasteiger partial charge in [-0.2, -0.15) is 0 Å². The fourth-order valence-corrected chi connectivity index (χ4v) is 2.84. The Morgan fingerprint density at radius 2 is 2.35 bits per heavy atom. The smallest absolute Gasteiger partial charge is 0.271 e. The van der Waals surface area contributed by atoms with Crippen molar-refractivity contribution >= 4 is 23.0 Å². The van der Waals surface area contributed by atoms with Gasteiger partial charge in [-0.05, 0) is 38.8 Å². The predicted octanol–water partition coefficient (Wildman–Crippen LogP) is 3.58. The normalized spacial score (nSPS) is 20.4. The van der Waals surface area contributed by atoms with Gasteiger partial charge in [-0.3, -0.25) is 10.1 Å². The number of anilines is 1. The summed E-state index contributed by atoms with van der Waals surface area (Å²) < 4.78 is 0. The van der Waals surface area contributed by atoms with Gasteiger partial charge in [0.25, 0.3) is 5.69 Å². The second kappa shape index (κ2) is 6.90. The Hall–Kier alpha value is -1.33. The summed E-state index contributed by atoms with van der Waals surface area (Å²) in [5, 5.41) is 17.9. The molecule has 1 heterocycles. The maximum Gasteiger partial charge on any atom is 0.271 e. The summed E-state index contributed by atoms with van der Waals surface area (Å²) in [5.74, 6) is 0. The standard InChI is InChI=1S/C14H20ClN3O2/c1-10(8-11-4-2-3-7-16-11)17-14-6-5-12(18(19)20)9-13(14)15/h5-6,9-11,16-17H,2-4,7-8H2,1H3. The van der Waals surface area contributed by atoms with Crippen LogP contribution in [0.1, 0.15) is 32.6 Å². The number of benzene rings is 1. The predicted molar refractivity (Wildman–Crippen MR) is 81.4 cm³/mol. The summed E-state index contributed by atoms with van der Waals surface area (Å²) in [6.07, 6.45) is 4.77. The molecule has 1 aliphatic rings. The lowest BCUT2D eigenvalue weighted by Gasteiger charge is -2.27. The molecule has 2 unspecified atom stereocenters. The van der Waals surface area contributed by atoms with Crippen LogP contribution in [0.3, 0.4) is 0 Å². The molecule has 20 heavy (non-hydrogen) atoms. The van der Waals surface area contributed by atoms with Gasteiger partial charge in [0, 0.05) is 24.2 Å². The van der Waals surface area contributed by atoms with Crippen molar-refractivity contribution in [2.24, 2.45) is 0 Å². The lowest BCUT2D eigenvalue weighted by atomic mass is 9.98. The fraction of sp³-hybridized carbons (Fsp3) is 0.571. The van der Waals surface area contributed by atoms with Crippen molar-refractivity contribution in [3.05, 3.63) is 33.3 Å². The van der Waals surface area contributed by atoms with Crippen molar-refractivity contribution in [2.75, 3.05) is 11.9 Å². The van der Waals surface area contributed by atoms with E-state index in [4.69, 9.17) is 11.6 Å². The SMILES string of the molecule is CC(CC1CCCCN1)Nc1ccc([N+](=O)[O-])cc1Cl. The van der Waals surface area contributed by atoms with Crippen molar-refractivity contribution in [1.29, 1.82) is 0 Å². The van der Waals surface area contributed by atoms with Gasteiger partial charge in [0.15, 0.2) is 0 Å². The van der Waals surface area contributed by atoms with E-state index >= 15 is 0 Å². The number of nitrogens with one attached hydrogen (secondary N) is 2. The van der Waals surface area contributed by atoms with Crippen molar-refractivity contribution in [2.45, 2.75) is 44.7 Å². The van der Waals surface area contributed by atoms with Gasteiger partial charge in [-0.25, -0.2) is 0 Å². The Morgan fingerprint density at radius 3 is 2.95 bits per heavy atom. The van der Waals surface area contributed by atoms with Crippen molar-refractivity contribution in [3.63, 3.8) is 0 Å². The van der Waals surface area contributed by atoms with E-state index in [-0.39, 0.29) is 11.7 Å². The number of non-ortho nitro benzene ring substituents is 1. The summed E-state index contributed by atoms with van der Waals surface area (Å²) >= 11 is 6.08. The molecule has 1 aromatic rings. The van der Waals surface area contributed by atoms with E-state index in [1.165, 1.54) is 31.4 Å². The highest BCUT2D eigenvalue weighted by Gasteiger charge is 2.17. The molecule has 1 saturated heterocycles. The molecule has 0 amide bonds. The lowest BCUT2D eigenvalue weighted by Crippen LogP contribution is -2.37. The van der Waals surface area contributed by atoms with Crippen molar-refractivity contribution in [1.82, 2.24) is 5.32 Å². The van der Waals surface area contributed by atoms with E-state index in [1.807, 2.05) is 0 Å². The molecule has 0 saturated carbocycles. The van der Waals surface area contributed by atoms with Gasteiger partial charge in [-0.1, -0.05) is 18.0 Å². The van der Waals surface area contributed by atoms with E-state index in [0.717, 1.165) is 18.7 Å². The zero-order chi connectivity index (χ0) is 14.5. The van der Waals surface area contributed by atoms with Crippen LogP contribution in [0.2, 0.25) is 5.02 Å². The molecule has 5 nitrogen and oxygen atoms in total. The Morgan fingerprint density at radius 1 is 1.55 bits per heavy atom. The highest BCUT2D eigenvalue weighted by Crippen LogP contribution is 2.27. The van der Waals surface area contributed by atoms with Gasteiger partial charge >= 0.3 is 0 Å². The second-order valence-corrected chi connectivity index (χ2v) is 5.76. The number of halogens is 1. The van der Waals surface area contributed by atoms with E-state index in [9.17, 15) is 10.1 Å². The van der Waals surface area contributed by atoms with Gasteiger partial charge in [-0.15, -0.1) is 0 Å². The molecule has 0 aliphatic carbocycles. The number of hydrogen-bond donors (Lipinski definition) is 2. The maximum absolute atomic E-state index is 10.7. The fourth-order valence-electron chi connectivity index (χ4n) is 2.61. The van der Waals surface area contributed by atoms with E-state index in [1.54, 1.807) is 6.07 Å². The third kappa shape index (κ3) is 4.08. The van der Waals surface area contributed by atoms with Gasteiger partial charge in [0.2, 0.25) is 0 Å². The van der Waals surface area contributed by atoms with Crippen LogP contribution in [-0.4, -0.2) is 23.6 Å². The lowest BCUT2D eigenvalue weighted by molar-refractivity contribution is -0.384. The minimum absolute atomic E-state index is 0.0159. The molecule has 2 N–H and O–H groups in total. The number of rotatable bonds is 5. The highest BCUT2D eigenvalue weighted by molar-refractivity contribution is 6.33. The molecule has 0 aromatic heterocycles. The molecule has 2 atom stereocenters. The quantitative estimate of drug-likeness (QED) is 0.644. The monoisotopic (exact) mass is 297 g/mol. The molecule has 110 valence electrons. The van der Waals surface area contributed by atoms with Crippen LogP contribution in [0.25, 0.3) is 0 Å². The van der Waals surface area contributed by atoms with E-state index in [2.05, 4.69) is 17.6 Å². The number of piperidine rings is 1. The van der Waals surface area contributed by atoms with E-state index < -0.39 is 4.92 Å². The number of nitrogens with zero attached hydrogens (tertiary/aromatic N) is 1. The summed E-state index contributed by atoms with van der Waals surface area (Å²) in [5.41, 5.74) is 0.766. The Labute approximate surface area is 123 Å². The zero-order valence-electron chi connectivity index (χ0n) is 11.6. The summed E-state index contributed by atoms with van der Waals surface area (Å²) in [4.78, 5) is 10.2. The Balaban J connectivity index is 1.93. The van der Waals surface area contributed by atoms with Crippen LogP contribution < -0.4 is 10.6 Å². The minimum atomic E-state index is -0.439. The molecule has 0 bridgehead atoms. The summed E-state index contributed by atoms with van der Waals surface area (Å²) in [7, 11) is 0. The van der Waals surface area contributed by atoms with Gasteiger partial charge < -0.3 is 10.6 Å². The molecular weight excluding hydrogens is 278 g/mol. The van der Waals surface area contributed by atoms with Gasteiger partial charge in [0.05, 0.1) is 15.6 Å². The molecule has 1 aromatic carbocycles. The Bertz CT molecular complexity index is 475. The number of hydrogen-bond acceptors (Lipinski definition) is 4. The first-order valence-corrected chi connectivity index (χ1v) is 7.38. The number of nitro benzene ring substituents is 1. The molecular formula is C14H20ClN3O2. The van der Waals surface area contributed by atoms with Crippen LogP contribution in [0, 0.1) is 10.1 Å². The molecule has 6 heteroatoms.